The van der Waals surface area contributed by atoms with Crippen LogP contribution in [0.4, 0.5) is 0 Å². The first-order valence-corrected chi connectivity index (χ1v) is 0. The summed E-state index contributed by atoms with van der Waals surface area (Å²) in [4.78, 5) is 0. The molecule has 5 heteroatoms. The molecule has 0 spiro atoms. The Kier molecular flexibility index (Phi) is 199. The summed E-state index contributed by atoms with van der Waals surface area (Å²) in [7, 11) is 0. The van der Waals surface area contributed by atoms with Crippen molar-refractivity contribution in [1.29, 1.82) is 0 Å². The fourth-order valence-electron chi connectivity index (χ4n) is 0. The van der Waals surface area contributed by atoms with Gasteiger partial charge in [0.1, 0.15) is 0 Å². The average Bonchev–Trinajstić information content (AvgIpc) is 0. The molecule has 0 heterocycles. The summed E-state index contributed by atoms with van der Waals surface area (Å²) < 4.78 is 0. The monoisotopic (exact) mass is 639 g/mol. The van der Waals surface area contributed by atoms with Gasteiger partial charge in [0, 0.05) is 109 Å². The normalized spacial score (nSPS) is 0. The van der Waals surface area contributed by atoms with Crippen molar-refractivity contribution >= 4 is 27.3 Å². The summed E-state index contributed by atoms with van der Waals surface area (Å²) in [6, 6.07) is 0. The Morgan fingerprint density at radius 3 is 1.00 bits per heavy atom. The van der Waals surface area contributed by atoms with Gasteiger partial charge < -0.3 is 0 Å². The summed E-state index contributed by atoms with van der Waals surface area (Å²) in [5.41, 5.74) is 0. The maximum absolute atomic E-state index is 0. The van der Waals surface area contributed by atoms with Gasteiger partial charge in [-0.1, -0.05) is 0 Å². The van der Waals surface area contributed by atoms with Gasteiger partial charge >= 0.3 is 0 Å². The van der Waals surface area contributed by atoms with E-state index in [4.69, 9.17) is 0 Å². The molecule has 0 unspecified atom stereocenters. The minimum absolute atomic E-state index is 0. The van der Waals surface area contributed by atoms with Crippen molar-refractivity contribution in [3.05, 3.63) is 0 Å². The van der Waals surface area contributed by atoms with Gasteiger partial charge in [-0.15, -0.1) is 0 Å². The van der Waals surface area contributed by atoms with E-state index in [1.807, 2.05) is 0 Å². The summed E-state index contributed by atoms with van der Waals surface area (Å²) in [5.74, 6) is 0. The quantitative estimate of drug-likeness (QED) is 0.317. The van der Waals surface area contributed by atoms with Gasteiger partial charge in [0.25, 0.3) is 0 Å². The molecule has 0 aromatic carbocycles. The van der Waals surface area contributed by atoms with Crippen molar-refractivity contribution in [1.82, 2.24) is 0 Å². The first-order chi connectivity index (χ1) is 0. The van der Waals surface area contributed by atoms with Gasteiger partial charge in [-0.25, -0.2) is 0 Å². The van der Waals surface area contributed by atoms with Crippen molar-refractivity contribution < 1.29 is 81.3 Å². The van der Waals surface area contributed by atoms with Gasteiger partial charge in [0.05, 0.1) is 0 Å². The molecule has 0 rings (SSSR count). The maximum atomic E-state index is 0. The van der Waals surface area contributed by atoms with E-state index >= 15 is 0 Å². The van der Waals surface area contributed by atoms with Crippen LogP contribution in [0.15, 0.2) is 0 Å². The Hall–Kier alpha value is 3.55. The van der Waals surface area contributed by atoms with Crippen LogP contribution in [0.1, 0.15) is 0 Å². The van der Waals surface area contributed by atoms with Gasteiger partial charge in [0.15, 0.2) is 0 Å². The summed E-state index contributed by atoms with van der Waals surface area (Å²) in [6.45, 7) is 0. The standard InChI is InChI=1S/Ag.Au.Cu.Pb.Zn. The molecule has 0 saturated carbocycles. The SMILES string of the molecule is [Ag].[Au].[Cu].[Pb].[Zn]. The van der Waals surface area contributed by atoms with Gasteiger partial charge in [-0.3, -0.25) is 0 Å². The first-order valence-electron chi connectivity index (χ1n) is 0. The largest absolute Gasteiger partial charge is 0 e. The molecule has 0 aromatic heterocycles. The summed E-state index contributed by atoms with van der Waals surface area (Å²) in [5, 5.41) is 0. The molecule has 7 radical (unpaired) electrons. The van der Waals surface area contributed by atoms with E-state index in [9.17, 15) is 0 Å². The minimum Gasteiger partial charge on any atom is 0 e. The molecule has 0 fully saturated rings. The predicted octanol–water partition coefficient (Wildman–Crippen LogP) is -0.391. The molecule has 0 bridgehead atoms. The van der Waals surface area contributed by atoms with E-state index in [1.165, 1.54) is 0 Å². The van der Waals surface area contributed by atoms with Crippen molar-refractivity contribution in [3.63, 3.8) is 0 Å². The fourth-order valence-corrected chi connectivity index (χ4v) is 0. The summed E-state index contributed by atoms with van der Waals surface area (Å²) >= 11 is 0. The molecule has 0 saturated heterocycles. The average molecular weight is 641 g/mol. The molecule has 39 valence electrons. The van der Waals surface area contributed by atoms with Gasteiger partial charge in [-0.05, 0) is 0 Å². The molecule has 0 aromatic rings. The van der Waals surface area contributed by atoms with Crippen LogP contribution in [0.25, 0.3) is 0 Å². The Labute approximate surface area is 106 Å². The molecule has 0 aliphatic heterocycles. The number of rotatable bonds is 0. The molecule has 5 heavy (non-hydrogen) atoms. The van der Waals surface area contributed by atoms with Crippen molar-refractivity contribution in [2.24, 2.45) is 0 Å². The van der Waals surface area contributed by atoms with Crippen molar-refractivity contribution in [2.45, 2.75) is 0 Å². The van der Waals surface area contributed by atoms with Gasteiger partial charge in [-0.2, -0.15) is 0 Å². The first kappa shape index (κ1) is 38.7. The third kappa shape index (κ3) is 18.5. The van der Waals surface area contributed by atoms with E-state index in [1.54, 1.807) is 0 Å². The molecular formula is AgAuCuPbZn. The van der Waals surface area contributed by atoms with Crippen LogP contribution in [0.2, 0.25) is 0 Å². The fraction of sp³-hybridized carbons (Fsp3) is 0. The molecular weight excluding hydrogens is 641 g/mol. The predicted molar refractivity (Wildman–Crippen MR) is 5.75 cm³/mol. The third-order valence-corrected chi connectivity index (χ3v) is 0. The van der Waals surface area contributed by atoms with Crippen LogP contribution in [0, 0.1) is 0 Å². The Bertz CT molecular complexity index is 11.6. The van der Waals surface area contributed by atoms with Crippen LogP contribution in [0.3, 0.4) is 0 Å². The molecule has 0 atom stereocenters. The molecule has 0 amide bonds. The van der Waals surface area contributed by atoms with E-state index in [-0.39, 0.29) is 109 Å². The van der Waals surface area contributed by atoms with E-state index in [0.29, 0.717) is 0 Å². The van der Waals surface area contributed by atoms with Crippen molar-refractivity contribution in [2.75, 3.05) is 0 Å². The van der Waals surface area contributed by atoms with Gasteiger partial charge in [0.2, 0.25) is 0 Å². The molecule has 0 aliphatic rings. The smallest absolute Gasteiger partial charge is 0 e. The topological polar surface area (TPSA) is 0 Å². The van der Waals surface area contributed by atoms with E-state index < -0.39 is 0 Å². The van der Waals surface area contributed by atoms with Crippen LogP contribution >= 0.6 is 0 Å². The number of hydrogen-bond acceptors (Lipinski definition) is 0. The minimum atomic E-state index is 0. The second-order valence-electron chi connectivity index (χ2n) is 0. The zero-order valence-corrected chi connectivity index (χ0v) is 13.6. The zero-order chi connectivity index (χ0) is 0. The molecule has 0 nitrogen and oxygen atoms in total. The van der Waals surface area contributed by atoms with Crippen LogP contribution < -0.4 is 0 Å². The van der Waals surface area contributed by atoms with Crippen LogP contribution in [-0.2, 0) is 81.3 Å². The van der Waals surface area contributed by atoms with E-state index in [2.05, 4.69) is 0 Å². The van der Waals surface area contributed by atoms with Crippen LogP contribution in [-0.4, -0.2) is 27.3 Å². The zero-order valence-electron chi connectivity index (χ0n) is 2.11. The number of hydrogen-bond donors (Lipinski definition) is 0. The summed E-state index contributed by atoms with van der Waals surface area (Å²) in [6.07, 6.45) is 0. The third-order valence-electron chi connectivity index (χ3n) is 0. The second kappa shape index (κ2) is 25.7. The Morgan fingerprint density at radius 2 is 1.00 bits per heavy atom. The Morgan fingerprint density at radius 1 is 1.00 bits per heavy atom. The van der Waals surface area contributed by atoms with Crippen molar-refractivity contribution in [3.8, 4) is 0 Å². The molecule has 0 aliphatic carbocycles. The second-order valence-corrected chi connectivity index (χ2v) is 0. The van der Waals surface area contributed by atoms with E-state index in [0.717, 1.165) is 0 Å². The Balaban J connectivity index is 0. The maximum Gasteiger partial charge on any atom is 0 e. The van der Waals surface area contributed by atoms with Crippen LogP contribution in [0.5, 0.6) is 0 Å². The molecule has 0 N–H and O–H groups in total.